The second-order valence-electron chi connectivity index (χ2n) is 6.07. The predicted octanol–water partition coefficient (Wildman–Crippen LogP) is 2.35. The van der Waals surface area contributed by atoms with Crippen molar-refractivity contribution in [1.82, 2.24) is 20.1 Å². The molecular weight excluding hydrogens is 312 g/mol. The number of nitrogens with zero attached hydrogens (tertiary/aromatic N) is 3. The maximum Gasteiger partial charge on any atom is 0.133 e. The van der Waals surface area contributed by atoms with E-state index in [0.29, 0.717) is 0 Å². The van der Waals surface area contributed by atoms with Gasteiger partial charge in [0, 0.05) is 62.9 Å². The van der Waals surface area contributed by atoms with Crippen LogP contribution < -0.4 is 5.32 Å². The molecule has 1 atom stereocenters. The van der Waals surface area contributed by atoms with E-state index >= 15 is 0 Å². The van der Waals surface area contributed by atoms with Gasteiger partial charge in [0.05, 0.1) is 4.88 Å². The average Bonchev–Trinajstić information content (AvgIpc) is 3.30. The second-order valence-corrected chi connectivity index (χ2v) is 8.14. The van der Waals surface area contributed by atoms with Crippen molar-refractivity contribution in [2.45, 2.75) is 19.0 Å². The van der Waals surface area contributed by atoms with E-state index in [2.05, 4.69) is 43.8 Å². The van der Waals surface area contributed by atoms with Crippen LogP contribution in [0.15, 0.2) is 23.7 Å². The van der Waals surface area contributed by atoms with E-state index in [1.807, 2.05) is 11.3 Å². The molecule has 0 bridgehead atoms. The molecule has 0 radical (unpaired) electrons. The maximum atomic E-state index is 4.59. The highest BCUT2D eigenvalue weighted by atomic mass is 32.1. The zero-order valence-corrected chi connectivity index (χ0v) is 14.3. The summed E-state index contributed by atoms with van der Waals surface area (Å²) in [6.07, 6.45) is 3.38. The molecular formula is C16H22N4S2. The first-order valence-electron chi connectivity index (χ1n) is 8.04. The Bertz CT molecular complexity index is 589. The first-order chi connectivity index (χ1) is 10.9. The van der Waals surface area contributed by atoms with E-state index in [4.69, 9.17) is 0 Å². The molecule has 1 unspecified atom stereocenters. The molecule has 2 aromatic rings. The van der Waals surface area contributed by atoms with Crippen molar-refractivity contribution in [3.05, 3.63) is 28.6 Å². The number of thiophene rings is 1. The lowest BCUT2D eigenvalue weighted by atomic mass is 10.2. The number of rotatable bonds is 4. The molecule has 2 aliphatic rings. The van der Waals surface area contributed by atoms with Crippen molar-refractivity contribution < 1.29 is 0 Å². The molecule has 1 N–H and O–H groups in total. The van der Waals surface area contributed by atoms with Crippen LogP contribution in [0.2, 0.25) is 0 Å². The highest BCUT2D eigenvalue weighted by molar-refractivity contribution is 7.20. The van der Waals surface area contributed by atoms with Crippen LogP contribution in [-0.2, 0) is 6.54 Å². The van der Waals surface area contributed by atoms with Crippen LogP contribution in [0.1, 0.15) is 11.3 Å². The molecule has 4 heterocycles. The van der Waals surface area contributed by atoms with Crippen LogP contribution in [0.5, 0.6) is 0 Å². The molecule has 118 valence electrons. The van der Waals surface area contributed by atoms with E-state index in [1.165, 1.54) is 47.4 Å². The fraction of sp³-hybridized carbons (Fsp3) is 0.562. The summed E-state index contributed by atoms with van der Waals surface area (Å²) in [5.74, 6) is 0. The minimum Gasteiger partial charge on any atom is -0.314 e. The van der Waals surface area contributed by atoms with E-state index < -0.39 is 0 Å². The van der Waals surface area contributed by atoms with Gasteiger partial charge in [-0.25, -0.2) is 4.98 Å². The third kappa shape index (κ3) is 3.26. The first kappa shape index (κ1) is 14.8. The normalized spacial score (nSPS) is 24.1. The summed E-state index contributed by atoms with van der Waals surface area (Å²) in [4.78, 5) is 12.5. The Morgan fingerprint density at radius 1 is 1.27 bits per heavy atom. The topological polar surface area (TPSA) is 31.4 Å². The molecule has 2 aliphatic heterocycles. The van der Waals surface area contributed by atoms with Gasteiger partial charge >= 0.3 is 0 Å². The number of nitrogens with one attached hydrogen (secondary N) is 1. The summed E-state index contributed by atoms with van der Waals surface area (Å²) in [6, 6.07) is 5.01. The van der Waals surface area contributed by atoms with Gasteiger partial charge in [-0.15, -0.1) is 22.7 Å². The predicted molar refractivity (Wildman–Crippen MR) is 93.6 cm³/mol. The van der Waals surface area contributed by atoms with Gasteiger partial charge in [-0.3, -0.25) is 9.80 Å². The average molecular weight is 335 g/mol. The van der Waals surface area contributed by atoms with Crippen molar-refractivity contribution in [2.24, 2.45) is 0 Å². The lowest BCUT2D eigenvalue weighted by Crippen LogP contribution is -2.49. The van der Waals surface area contributed by atoms with E-state index in [1.54, 1.807) is 11.3 Å². The van der Waals surface area contributed by atoms with Gasteiger partial charge in [-0.2, -0.15) is 0 Å². The standard InChI is InChI=1S/C16H22N4S2/c1-2-15(21-9-1)16-18-10-14(22-16)12-19-6-3-13(11-19)20-7-4-17-5-8-20/h1-2,9-10,13,17H,3-8,11-12H2. The summed E-state index contributed by atoms with van der Waals surface area (Å²) in [7, 11) is 0. The third-order valence-corrected chi connectivity index (χ3v) is 6.60. The van der Waals surface area contributed by atoms with Gasteiger partial charge in [0.15, 0.2) is 0 Å². The summed E-state index contributed by atoms with van der Waals surface area (Å²) in [5, 5.41) is 6.73. The van der Waals surface area contributed by atoms with E-state index in [0.717, 1.165) is 25.7 Å². The van der Waals surface area contributed by atoms with Crippen LogP contribution >= 0.6 is 22.7 Å². The molecule has 4 nitrogen and oxygen atoms in total. The Balaban J connectivity index is 1.34. The second kappa shape index (κ2) is 6.76. The van der Waals surface area contributed by atoms with Crippen LogP contribution in [0.4, 0.5) is 0 Å². The fourth-order valence-corrected chi connectivity index (χ4v) is 5.17. The van der Waals surface area contributed by atoms with Gasteiger partial charge in [0.1, 0.15) is 5.01 Å². The van der Waals surface area contributed by atoms with E-state index in [9.17, 15) is 0 Å². The highest BCUT2D eigenvalue weighted by Crippen LogP contribution is 2.30. The van der Waals surface area contributed by atoms with Crippen LogP contribution in [0.25, 0.3) is 9.88 Å². The summed E-state index contributed by atoms with van der Waals surface area (Å²) in [5.41, 5.74) is 0. The molecule has 0 spiro atoms. The van der Waals surface area contributed by atoms with E-state index in [-0.39, 0.29) is 0 Å². The monoisotopic (exact) mass is 334 g/mol. The van der Waals surface area contributed by atoms with Crippen molar-refractivity contribution >= 4 is 22.7 Å². The Labute approximate surface area is 139 Å². The van der Waals surface area contributed by atoms with Gasteiger partial charge in [-0.05, 0) is 17.9 Å². The zero-order valence-electron chi connectivity index (χ0n) is 12.7. The van der Waals surface area contributed by atoms with Gasteiger partial charge < -0.3 is 5.32 Å². The molecule has 4 rings (SSSR count). The molecule has 6 heteroatoms. The third-order valence-electron chi connectivity index (χ3n) is 4.58. The highest BCUT2D eigenvalue weighted by Gasteiger charge is 2.28. The van der Waals surface area contributed by atoms with Crippen LogP contribution in [0, 0.1) is 0 Å². The van der Waals surface area contributed by atoms with Crippen molar-refractivity contribution in [1.29, 1.82) is 0 Å². The lowest BCUT2D eigenvalue weighted by molar-refractivity contribution is 0.170. The first-order valence-corrected chi connectivity index (χ1v) is 9.74. The number of aromatic nitrogens is 1. The summed E-state index contributed by atoms with van der Waals surface area (Å²) in [6.45, 7) is 8.22. The summed E-state index contributed by atoms with van der Waals surface area (Å²) >= 11 is 3.62. The molecule has 0 aromatic carbocycles. The fourth-order valence-electron chi connectivity index (χ4n) is 3.42. The van der Waals surface area contributed by atoms with Crippen molar-refractivity contribution in [3.8, 4) is 9.88 Å². The molecule has 0 aliphatic carbocycles. The van der Waals surface area contributed by atoms with Gasteiger partial charge in [0.25, 0.3) is 0 Å². The Morgan fingerprint density at radius 2 is 2.18 bits per heavy atom. The molecule has 2 fully saturated rings. The quantitative estimate of drug-likeness (QED) is 0.930. The Hall–Kier alpha value is -0.790. The van der Waals surface area contributed by atoms with Gasteiger partial charge in [0.2, 0.25) is 0 Å². The minimum absolute atomic E-state index is 0.756. The molecule has 2 aromatic heterocycles. The molecule has 0 amide bonds. The molecule has 22 heavy (non-hydrogen) atoms. The zero-order chi connectivity index (χ0) is 14.8. The maximum absolute atomic E-state index is 4.59. The number of hydrogen-bond donors (Lipinski definition) is 1. The lowest BCUT2D eigenvalue weighted by Gasteiger charge is -2.32. The smallest absolute Gasteiger partial charge is 0.133 e. The molecule has 0 saturated carbocycles. The van der Waals surface area contributed by atoms with Crippen molar-refractivity contribution in [3.63, 3.8) is 0 Å². The Morgan fingerprint density at radius 3 is 3.00 bits per heavy atom. The number of likely N-dealkylation sites (tertiary alicyclic amines) is 1. The largest absolute Gasteiger partial charge is 0.314 e. The Kier molecular flexibility index (Phi) is 4.54. The number of hydrogen-bond acceptors (Lipinski definition) is 6. The minimum atomic E-state index is 0.756. The summed E-state index contributed by atoms with van der Waals surface area (Å²) < 4.78 is 0. The number of piperazine rings is 1. The SMILES string of the molecule is c1csc(-c2ncc(CN3CCC(N4CCNCC4)C3)s2)c1. The van der Waals surface area contributed by atoms with Crippen LogP contribution in [-0.4, -0.2) is 60.1 Å². The van der Waals surface area contributed by atoms with Gasteiger partial charge in [-0.1, -0.05) is 6.07 Å². The number of thiazole rings is 1. The molecule has 2 saturated heterocycles. The van der Waals surface area contributed by atoms with Crippen LogP contribution in [0.3, 0.4) is 0 Å². The van der Waals surface area contributed by atoms with Crippen molar-refractivity contribution in [2.75, 3.05) is 39.3 Å².